The minimum atomic E-state index is 0.0290. The molecule has 0 radical (unpaired) electrons. The van der Waals surface area contributed by atoms with Gasteiger partial charge in [0.2, 0.25) is 0 Å². The normalized spacial score (nSPS) is 14.1. The van der Waals surface area contributed by atoms with E-state index < -0.39 is 0 Å². The molecule has 0 saturated carbocycles. The van der Waals surface area contributed by atoms with Gasteiger partial charge in [-0.2, -0.15) is 0 Å². The van der Waals surface area contributed by atoms with E-state index in [0.717, 1.165) is 31.7 Å². The molecule has 0 unspecified atom stereocenters. The van der Waals surface area contributed by atoms with Crippen LogP contribution < -0.4 is 14.4 Å². The van der Waals surface area contributed by atoms with Crippen molar-refractivity contribution in [1.82, 2.24) is 0 Å². The second-order valence-corrected chi connectivity index (χ2v) is 8.82. The summed E-state index contributed by atoms with van der Waals surface area (Å²) in [6, 6.07) is 20.2. The van der Waals surface area contributed by atoms with E-state index in [0.29, 0.717) is 31.1 Å². The number of para-hydroxylation sites is 1. The molecule has 0 N–H and O–H groups in total. The zero-order valence-corrected chi connectivity index (χ0v) is 20.7. The lowest BCUT2D eigenvalue weighted by Gasteiger charge is -2.15. The summed E-state index contributed by atoms with van der Waals surface area (Å²) < 4.78 is 13.0. The number of hydrogen-bond acceptors (Lipinski definition) is 3. The van der Waals surface area contributed by atoms with Crippen LogP contribution in [0.1, 0.15) is 36.1 Å². The molecule has 1 heterocycles. The average molecular weight is 539 g/mol. The zero-order chi connectivity index (χ0) is 22.7. The van der Waals surface area contributed by atoms with Crippen molar-refractivity contribution in [3.05, 3.63) is 86.5 Å². The van der Waals surface area contributed by atoms with E-state index in [1.54, 1.807) is 0 Å². The number of ether oxygens (including phenoxy) is 2. The first-order valence-electron chi connectivity index (χ1n) is 10.8. The molecule has 0 saturated heterocycles. The first-order chi connectivity index (χ1) is 15.5. The fourth-order valence-electron chi connectivity index (χ4n) is 3.84. The van der Waals surface area contributed by atoms with Crippen LogP contribution in [0.5, 0.6) is 11.5 Å². The first-order valence-corrected chi connectivity index (χ1v) is 11.9. The summed E-state index contributed by atoms with van der Waals surface area (Å²) >= 11 is 2.27. The van der Waals surface area contributed by atoms with Crippen LogP contribution in [0.4, 0.5) is 5.69 Å². The lowest BCUT2D eigenvalue weighted by atomic mass is 10.0. The minimum Gasteiger partial charge on any atom is -0.490 e. The number of carbonyl (C=O) groups excluding carboxylic acids is 1. The summed E-state index contributed by atoms with van der Waals surface area (Å²) in [6.45, 7) is 7.66. The lowest BCUT2D eigenvalue weighted by molar-refractivity contribution is -0.112. The van der Waals surface area contributed by atoms with Crippen molar-refractivity contribution in [2.24, 2.45) is 0 Å². The second-order valence-electron chi connectivity index (χ2n) is 7.66. The summed E-state index contributed by atoms with van der Waals surface area (Å²) in [5.41, 5.74) is 5.87. The number of likely N-dealkylation sites (N-methyl/N-ethyl adjacent to an activating group) is 1. The van der Waals surface area contributed by atoms with Crippen LogP contribution in [0.3, 0.4) is 0 Å². The van der Waals surface area contributed by atoms with E-state index in [4.69, 9.17) is 9.47 Å². The maximum absolute atomic E-state index is 13.0. The maximum atomic E-state index is 13.0. The number of halogens is 1. The fraction of sp³-hybridized carbons (Fsp3) is 0.222. The van der Waals surface area contributed by atoms with Crippen molar-refractivity contribution < 1.29 is 14.3 Å². The van der Waals surface area contributed by atoms with Gasteiger partial charge in [0.25, 0.3) is 5.91 Å². The molecule has 0 spiro atoms. The third-order valence-electron chi connectivity index (χ3n) is 5.42. The highest BCUT2D eigenvalue weighted by molar-refractivity contribution is 14.1. The van der Waals surface area contributed by atoms with E-state index >= 15 is 0 Å². The Balaban J connectivity index is 1.67. The highest BCUT2D eigenvalue weighted by Gasteiger charge is 2.30. The SMILES string of the molecule is CCOc1cc(/C=C2\C(=O)N(CC)c3ccccc32)cc(I)c1OCc1ccc(C)cc1. The number of hydrogen-bond donors (Lipinski definition) is 0. The molecule has 4 rings (SSSR count). The van der Waals surface area contributed by atoms with Gasteiger partial charge in [0, 0.05) is 17.7 Å². The smallest absolute Gasteiger partial charge is 0.258 e. The number of carbonyl (C=O) groups is 1. The Morgan fingerprint density at radius 1 is 1.00 bits per heavy atom. The lowest BCUT2D eigenvalue weighted by Crippen LogP contribution is -2.25. The summed E-state index contributed by atoms with van der Waals surface area (Å²) in [4.78, 5) is 14.9. The van der Waals surface area contributed by atoms with Crippen molar-refractivity contribution in [2.45, 2.75) is 27.4 Å². The summed E-state index contributed by atoms with van der Waals surface area (Å²) in [5, 5.41) is 0. The monoisotopic (exact) mass is 539 g/mol. The van der Waals surface area contributed by atoms with E-state index in [1.165, 1.54) is 5.56 Å². The van der Waals surface area contributed by atoms with Gasteiger partial charge < -0.3 is 14.4 Å². The largest absolute Gasteiger partial charge is 0.490 e. The third kappa shape index (κ3) is 4.53. The van der Waals surface area contributed by atoms with Gasteiger partial charge in [0.1, 0.15) is 6.61 Å². The quantitative estimate of drug-likeness (QED) is 0.255. The van der Waals surface area contributed by atoms with Crippen LogP contribution in [0.25, 0.3) is 11.6 Å². The van der Waals surface area contributed by atoms with Gasteiger partial charge in [-0.25, -0.2) is 0 Å². The van der Waals surface area contributed by atoms with Gasteiger partial charge in [-0.3, -0.25) is 4.79 Å². The van der Waals surface area contributed by atoms with Crippen LogP contribution in [-0.4, -0.2) is 19.1 Å². The first kappa shape index (κ1) is 22.4. The van der Waals surface area contributed by atoms with Gasteiger partial charge in [-0.15, -0.1) is 0 Å². The van der Waals surface area contributed by atoms with Crippen molar-refractivity contribution in [1.29, 1.82) is 0 Å². The zero-order valence-electron chi connectivity index (χ0n) is 18.5. The highest BCUT2D eigenvalue weighted by atomic mass is 127. The van der Waals surface area contributed by atoms with Gasteiger partial charge >= 0.3 is 0 Å². The number of benzene rings is 3. The standard InChI is InChI=1S/C27H26INO3/c1-4-29-24-9-7-6-8-21(24)22(27(29)30)14-20-15-23(28)26(25(16-20)31-5-2)32-17-19-12-10-18(3)11-13-19/h6-16H,4-5,17H2,1-3H3/b22-14-. The van der Waals surface area contributed by atoms with Crippen LogP contribution >= 0.6 is 22.6 Å². The van der Waals surface area contributed by atoms with E-state index in [1.807, 2.05) is 61.2 Å². The summed E-state index contributed by atoms with van der Waals surface area (Å²) in [5.74, 6) is 1.44. The number of fused-ring (bicyclic) bond motifs is 1. The summed E-state index contributed by atoms with van der Waals surface area (Å²) in [6.07, 6.45) is 1.95. The molecule has 3 aromatic carbocycles. The van der Waals surface area contributed by atoms with Crippen LogP contribution in [0.15, 0.2) is 60.7 Å². The van der Waals surface area contributed by atoms with Crippen molar-refractivity contribution in [2.75, 3.05) is 18.1 Å². The van der Waals surface area contributed by atoms with Gasteiger partial charge in [0.15, 0.2) is 11.5 Å². The van der Waals surface area contributed by atoms with E-state index in [9.17, 15) is 4.79 Å². The molecule has 5 heteroatoms. The molecule has 4 nitrogen and oxygen atoms in total. The molecule has 32 heavy (non-hydrogen) atoms. The molecule has 1 aliphatic heterocycles. The summed E-state index contributed by atoms with van der Waals surface area (Å²) in [7, 11) is 0. The molecule has 1 amide bonds. The van der Waals surface area contributed by atoms with Crippen LogP contribution in [0.2, 0.25) is 0 Å². The Hall–Kier alpha value is -2.80. The van der Waals surface area contributed by atoms with Crippen molar-refractivity contribution in [3.63, 3.8) is 0 Å². The molecule has 1 aliphatic rings. The van der Waals surface area contributed by atoms with E-state index in [-0.39, 0.29) is 5.91 Å². The predicted octanol–water partition coefficient (Wildman–Crippen LogP) is 6.48. The highest BCUT2D eigenvalue weighted by Crippen LogP contribution is 2.40. The van der Waals surface area contributed by atoms with Crippen LogP contribution in [0, 0.1) is 10.5 Å². The van der Waals surface area contributed by atoms with Gasteiger partial charge in [-0.1, -0.05) is 48.0 Å². The predicted molar refractivity (Wildman–Crippen MR) is 138 cm³/mol. The third-order valence-corrected chi connectivity index (χ3v) is 6.22. The molecule has 0 fully saturated rings. The molecular weight excluding hydrogens is 513 g/mol. The number of amides is 1. The number of aryl methyl sites for hydroxylation is 1. The number of rotatable bonds is 7. The molecular formula is C27H26INO3. The fourth-order valence-corrected chi connectivity index (χ4v) is 4.62. The minimum absolute atomic E-state index is 0.0290. The van der Waals surface area contributed by atoms with Gasteiger partial charge in [0.05, 0.1) is 15.9 Å². The molecule has 164 valence electrons. The number of nitrogens with zero attached hydrogens (tertiary/aromatic N) is 1. The van der Waals surface area contributed by atoms with Crippen molar-refractivity contribution in [3.8, 4) is 11.5 Å². The Kier molecular flexibility index (Phi) is 6.84. The topological polar surface area (TPSA) is 38.8 Å². The average Bonchev–Trinajstić information content (AvgIpc) is 3.05. The molecule has 0 bridgehead atoms. The molecule has 0 aliphatic carbocycles. The van der Waals surface area contributed by atoms with Crippen molar-refractivity contribution >= 4 is 45.8 Å². The van der Waals surface area contributed by atoms with Crippen LogP contribution in [-0.2, 0) is 11.4 Å². The molecule has 0 aromatic heterocycles. The maximum Gasteiger partial charge on any atom is 0.258 e. The Labute approximate surface area is 203 Å². The van der Waals surface area contributed by atoms with E-state index in [2.05, 4.69) is 53.8 Å². The Morgan fingerprint density at radius 3 is 2.47 bits per heavy atom. The molecule has 3 aromatic rings. The number of anilines is 1. The molecule has 0 atom stereocenters. The Morgan fingerprint density at radius 2 is 1.75 bits per heavy atom. The Bertz CT molecular complexity index is 1170. The second kappa shape index (κ2) is 9.77. The van der Waals surface area contributed by atoms with Gasteiger partial charge in [-0.05, 0) is 78.8 Å².